The minimum absolute atomic E-state index is 0.179. The number of amides is 1. The summed E-state index contributed by atoms with van der Waals surface area (Å²) >= 11 is 0. The lowest BCUT2D eigenvalue weighted by atomic mass is 9.99. The lowest BCUT2D eigenvalue weighted by Gasteiger charge is -2.34. The molecular formula is C12H15N3O. The van der Waals surface area contributed by atoms with Crippen molar-refractivity contribution in [1.29, 1.82) is 0 Å². The van der Waals surface area contributed by atoms with Gasteiger partial charge in [0, 0.05) is 31.1 Å². The number of fused-ring (bicyclic) bond motifs is 4. The molecule has 16 heavy (non-hydrogen) atoms. The standard InChI is InChI=1S/C12H15N3O/c1-7-13-6-10-11(14-7)5-9-3-4-12(10)15(9)8(2)16/h6,9,12H,3-5H2,1-2H3/t9-,12+/m1/s1. The molecule has 0 radical (unpaired) electrons. The average molecular weight is 217 g/mol. The third-order valence-electron chi connectivity index (χ3n) is 3.67. The Morgan fingerprint density at radius 1 is 1.50 bits per heavy atom. The molecule has 0 spiro atoms. The first-order chi connectivity index (χ1) is 7.66. The fourth-order valence-corrected chi connectivity index (χ4v) is 3.06. The van der Waals surface area contributed by atoms with E-state index in [4.69, 9.17) is 0 Å². The molecule has 1 amide bonds. The molecule has 84 valence electrons. The SMILES string of the molecule is CC(=O)N1[C@@H]2CC[C@H]1c1cnc(C)nc1C2. The second-order valence-electron chi connectivity index (χ2n) is 4.70. The van der Waals surface area contributed by atoms with E-state index in [1.165, 1.54) is 0 Å². The summed E-state index contributed by atoms with van der Waals surface area (Å²) in [5.41, 5.74) is 2.31. The second-order valence-corrected chi connectivity index (χ2v) is 4.70. The van der Waals surface area contributed by atoms with Gasteiger partial charge in [0.2, 0.25) is 5.91 Å². The third-order valence-corrected chi connectivity index (χ3v) is 3.67. The van der Waals surface area contributed by atoms with Gasteiger partial charge in [-0.25, -0.2) is 9.97 Å². The Kier molecular flexibility index (Phi) is 1.99. The van der Waals surface area contributed by atoms with Crippen molar-refractivity contribution in [1.82, 2.24) is 14.9 Å². The van der Waals surface area contributed by atoms with Gasteiger partial charge < -0.3 is 4.90 Å². The van der Waals surface area contributed by atoms with E-state index in [2.05, 4.69) is 9.97 Å². The maximum Gasteiger partial charge on any atom is 0.220 e. The maximum absolute atomic E-state index is 11.6. The van der Waals surface area contributed by atoms with Crippen molar-refractivity contribution < 1.29 is 4.79 Å². The number of hydrogen-bond acceptors (Lipinski definition) is 3. The summed E-state index contributed by atoms with van der Waals surface area (Å²) in [7, 11) is 0. The zero-order valence-electron chi connectivity index (χ0n) is 9.60. The highest BCUT2D eigenvalue weighted by molar-refractivity contribution is 5.75. The minimum Gasteiger partial charge on any atom is -0.332 e. The molecular weight excluding hydrogens is 202 g/mol. The first-order valence-corrected chi connectivity index (χ1v) is 5.78. The van der Waals surface area contributed by atoms with Crippen molar-refractivity contribution >= 4 is 5.91 Å². The Balaban J connectivity index is 2.08. The van der Waals surface area contributed by atoms with Crippen LogP contribution in [0.3, 0.4) is 0 Å². The number of aromatic nitrogens is 2. The molecule has 3 rings (SSSR count). The highest BCUT2D eigenvalue weighted by Crippen LogP contribution is 2.42. The molecule has 1 aromatic rings. The van der Waals surface area contributed by atoms with Crippen LogP contribution in [0.5, 0.6) is 0 Å². The van der Waals surface area contributed by atoms with E-state index in [1.54, 1.807) is 6.92 Å². The van der Waals surface area contributed by atoms with E-state index in [0.29, 0.717) is 6.04 Å². The highest BCUT2D eigenvalue weighted by atomic mass is 16.2. The molecule has 2 atom stereocenters. The van der Waals surface area contributed by atoms with Crippen molar-refractivity contribution in [3.8, 4) is 0 Å². The summed E-state index contributed by atoms with van der Waals surface area (Å²) in [5.74, 6) is 1.01. The Bertz CT molecular complexity index is 458. The van der Waals surface area contributed by atoms with Crippen molar-refractivity contribution in [2.75, 3.05) is 0 Å². The summed E-state index contributed by atoms with van der Waals surface area (Å²) in [4.78, 5) is 22.4. The molecule has 0 saturated carbocycles. The van der Waals surface area contributed by atoms with Crippen LogP contribution < -0.4 is 0 Å². The van der Waals surface area contributed by atoms with E-state index in [-0.39, 0.29) is 11.9 Å². The van der Waals surface area contributed by atoms with E-state index in [0.717, 1.165) is 36.3 Å². The zero-order chi connectivity index (χ0) is 11.3. The van der Waals surface area contributed by atoms with Crippen LogP contribution in [0.25, 0.3) is 0 Å². The number of carbonyl (C=O) groups is 1. The summed E-state index contributed by atoms with van der Waals surface area (Å²) in [5, 5.41) is 0. The summed E-state index contributed by atoms with van der Waals surface area (Å²) in [6, 6.07) is 0.594. The van der Waals surface area contributed by atoms with Crippen molar-refractivity contribution in [2.24, 2.45) is 0 Å². The van der Waals surface area contributed by atoms with Crippen molar-refractivity contribution in [3.05, 3.63) is 23.3 Å². The molecule has 0 N–H and O–H groups in total. The van der Waals surface area contributed by atoms with Crippen LogP contribution in [0.15, 0.2) is 6.20 Å². The number of carbonyl (C=O) groups excluding carboxylic acids is 1. The lowest BCUT2D eigenvalue weighted by Crippen LogP contribution is -2.41. The number of aryl methyl sites for hydroxylation is 1. The van der Waals surface area contributed by atoms with E-state index in [9.17, 15) is 4.79 Å². The average Bonchev–Trinajstić information content (AvgIpc) is 2.54. The third kappa shape index (κ3) is 1.25. The molecule has 2 aliphatic heterocycles. The van der Waals surface area contributed by atoms with Gasteiger partial charge in [-0.3, -0.25) is 4.79 Å². The predicted molar refractivity (Wildman–Crippen MR) is 58.8 cm³/mol. The van der Waals surface area contributed by atoms with Gasteiger partial charge in [-0.15, -0.1) is 0 Å². The van der Waals surface area contributed by atoms with Gasteiger partial charge in [0.1, 0.15) is 5.82 Å². The molecule has 3 heterocycles. The van der Waals surface area contributed by atoms with Crippen LogP contribution >= 0.6 is 0 Å². The molecule has 1 saturated heterocycles. The topological polar surface area (TPSA) is 46.1 Å². The molecule has 0 unspecified atom stereocenters. The van der Waals surface area contributed by atoms with Gasteiger partial charge in [-0.1, -0.05) is 0 Å². The summed E-state index contributed by atoms with van der Waals surface area (Å²) < 4.78 is 0. The van der Waals surface area contributed by atoms with Crippen LogP contribution in [0.2, 0.25) is 0 Å². The van der Waals surface area contributed by atoms with Gasteiger partial charge in [-0.05, 0) is 19.8 Å². The molecule has 2 aliphatic rings. The highest BCUT2D eigenvalue weighted by Gasteiger charge is 2.41. The quantitative estimate of drug-likeness (QED) is 0.659. The minimum atomic E-state index is 0.179. The first kappa shape index (κ1) is 9.75. The monoisotopic (exact) mass is 217 g/mol. The largest absolute Gasteiger partial charge is 0.332 e. The van der Waals surface area contributed by atoms with Gasteiger partial charge in [0.15, 0.2) is 0 Å². The van der Waals surface area contributed by atoms with Gasteiger partial charge in [0.25, 0.3) is 0 Å². The Morgan fingerprint density at radius 3 is 3.06 bits per heavy atom. The van der Waals surface area contributed by atoms with Crippen LogP contribution in [-0.4, -0.2) is 26.8 Å². The molecule has 1 aromatic heterocycles. The summed E-state index contributed by atoms with van der Waals surface area (Å²) in [6.45, 7) is 3.57. The molecule has 1 fully saturated rings. The van der Waals surface area contributed by atoms with E-state index >= 15 is 0 Å². The Hall–Kier alpha value is -1.45. The number of hydrogen-bond donors (Lipinski definition) is 0. The molecule has 4 heteroatoms. The number of nitrogens with zero attached hydrogens (tertiary/aromatic N) is 3. The zero-order valence-corrected chi connectivity index (χ0v) is 9.60. The smallest absolute Gasteiger partial charge is 0.220 e. The van der Waals surface area contributed by atoms with Gasteiger partial charge >= 0.3 is 0 Å². The van der Waals surface area contributed by atoms with Crippen LogP contribution in [0, 0.1) is 6.92 Å². The normalized spacial score (nSPS) is 26.8. The van der Waals surface area contributed by atoms with E-state index in [1.807, 2.05) is 18.0 Å². The molecule has 4 nitrogen and oxygen atoms in total. The Labute approximate surface area is 94.7 Å². The molecule has 0 aliphatic carbocycles. The van der Waals surface area contributed by atoms with Crippen LogP contribution in [-0.2, 0) is 11.2 Å². The summed E-state index contributed by atoms with van der Waals surface area (Å²) in [6.07, 6.45) is 4.96. The van der Waals surface area contributed by atoms with Crippen molar-refractivity contribution in [2.45, 2.75) is 45.2 Å². The molecule has 0 aromatic carbocycles. The Morgan fingerprint density at radius 2 is 2.31 bits per heavy atom. The van der Waals surface area contributed by atoms with Crippen LogP contribution in [0.4, 0.5) is 0 Å². The fraction of sp³-hybridized carbons (Fsp3) is 0.583. The first-order valence-electron chi connectivity index (χ1n) is 5.78. The second kappa shape index (κ2) is 3.27. The fourth-order valence-electron chi connectivity index (χ4n) is 3.06. The maximum atomic E-state index is 11.6. The molecule has 2 bridgehead atoms. The van der Waals surface area contributed by atoms with Crippen LogP contribution in [0.1, 0.15) is 42.9 Å². The lowest BCUT2D eigenvalue weighted by molar-refractivity contribution is -0.132. The van der Waals surface area contributed by atoms with E-state index < -0.39 is 0 Å². The van der Waals surface area contributed by atoms with Gasteiger partial charge in [-0.2, -0.15) is 0 Å². The van der Waals surface area contributed by atoms with Gasteiger partial charge in [0.05, 0.1) is 11.7 Å². The number of rotatable bonds is 0. The van der Waals surface area contributed by atoms with Crippen molar-refractivity contribution in [3.63, 3.8) is 0 Å². The predicted octanol–water partition coefficient (Wildman–Crippen LogP) is 1.39.